The first-order valence-corrected chi connectivity index (χ1v) is 10.7. The Hall–Kier alpha value is -2.72. The SMILES string of the molecule is COc1ccc(-c2csc(-n3nc(C)cc3NC(=O)c3ccccc3I)n2)cc1. The molecular formula is C21H17IN4O2S. The van der Waals surface area contributed by atoms with Crippen LogP contribution in [0.15, 0.2) is 60.0 Å². The fraction of sp³-hybridized carbons (Fsp3) is 0.0952. The van der Waals surface area contributed by atoms with Crippen molar-refractivity contribution < 1.29 is 9.53 Å². The largest absolute Gasteiger partial charge is 0.497 e. The van der Waals surface area contributed by atoms with E-state index in [2.05, 4.69) is 33.0 Å². The highest BCUT2D eigenvalue weighted by Gasteiger charge is 2.16. The van der Waals surface area contributed by atoms with Crippen molar-refractivity contribution in [3.8, 4) is 22.1 Å². The molecule has 2 heterocycles. The molecule has 0 aliphatic carbocycles. The Balaban J connectivity index is 1.62. The molecule has 4 rings (SSSR count). The highest BCUT2D eigenvalue weighted by Crippen LogP contribution is 2.28. The van der Waals surface area contributed by atoms with Gasteiger partial charge in [-0.25, -0.2) is 4.98 Å². The fourth-order valence-corrected chi connectivity index (χ4v) is 4.25. The molecule has 0 saturated heterocycles. The van der Waals surface area contributed by atoms with Crippen LogP contribution in [0.25, 0.3) is 16.4 Å². The van der Waals surface area contributed by atoms with Crippen molar-refractivity contribution in [1.82, 2.24) is 14.8 Å². The van der Waals surface area contributed by atoms with E-state index in [1.807, 2.05) is 60.8 Å². The summed E-state index contributed by atoms with van der Waals surface area (Å²) < 4.78 is 7.76. The molecule has 2 aromatic carbocycles. The van der Waals surface area contributed by atoms with Crippen molar-refractivity contribution in [3.63, 3.8) is 0 Å². The van der Waals surface area contributed by atoms with Gasteiger partial charge in [0.15, 0.2) is 0 Å². The first kappa shape index (κ1) is 19.6. The van der Waals surface area contributed by atoms with E-state index in [0.29, 0.717) is 16.5 Å². The molecule has 0 fully saturated rings. The molecule has 6 nitrogen and oxygen atoms in total. The van der Waals surface area contributed by atoms with Crippen molar-refractivity contribution in [2.45, 2.75) is 6.92 Å². The number of carbonyl (C=O) groups is 1. The summed E-state index contributed by atoms with van der Waals surface area (Å²) in [6.45, 7) is 1.89. The van der Waals surface area contributed by atoms with Gasteiger partial charge in [-0.3, -0.25) is 4.79 Å². The number of amides is 1. The van der Waals surface area contributed by atoms with E-state index in [1.165, 1.54) is 11.3 Å². The molecule has 1 N–H and O–H groups in total. The summed E-state index contributed by atoms with van der Waals surface area (Å²) >= 11 is 3.62. The molecule has 0 unspecified atom stereocenters. The zero-order valence-corrected chi connectivity index (χ0v) is 18.7. The molecule has 29 heavy (non-hydrogen) atoms. The van der Waals surface area contributed by atoms with Crippen molar-refractivity contribution >= 4 is 45.7 Å². The molecule has 0 atom stereocenters. The van der Waals surface area contributed by atoms with Gasteiger partial charge < -0.3 is 10.1 Å². The molecule has 0 radical (unpaired) electrons. The number of halogens is 1. The van der Waals surface area contributed by atoms with Gasteiger partial charge in [-0.1, -0.05) is 12.1 Å². The Bertz CT molecular complexity index is 1170. The number of ether oxygens (including phenoxy) is 1. The lowest BCUT2D eigenvalue weighted by molar-refractivity contribution is 0.102. The summed E-state index contributed by atoms with van der Waals surface area (Å²) in [5, 5.41) is 10.1. The second kappa shape index (κ2) is 8.34. The van der Waals surface area contributed by atoms with E-state index >= 15 is 0 Å². The number of aromatic nitrogens is 3. The van der Waals surface area contributed by atoms with Crippen LogP contribution in [0.5, 0.6) is 5.75 Å². The quantitative estimate of drug-likeness (QED) is 0.372. The molecule has 1 amide bonds. The lowest BCUT2D eigenvalue weighted by Gasteiger charge is -2.08. The third kappa shape index (κ3) is 4.18. The molecule has 0 aliphatic heterocycles. The van der Waals surface area contributed by atoms with Gasteiger partial charge >= 0.3 is 0 Å². The van der Waals surface area contributed by atoms with Crippen LogP contribution in [0.4, 0.5) is 5.82 Å². The summed E-state index contributed by atoms with van der Waals surface area (Å²) in [4.78, 5) is 17.4. The van der Waals surface area contributed by atoms with E-state index in [0.717, 1.165) is 26.3 Å². The minimum atomic E-state index is -0.178. The Kier molecular flexibility index (Phi) is 5.63. The molecular weight excluding hydrogens is 499 g/mol. The summed E-state index contributed by atoms with van der Waals surface area (Å²) in [6, 6.07) is 17.0. The lowest BCUT2D eigenvalue weighted by atomic mass is 10.2. The Morgan fingerprint density at radius 1 is 1.17 bits per heavy atom. The van der Waals surface area contributed by atoms with Crippen LogP contribution >= 0.6 is 33.9 Å². The van der Waals surface area contributed by atoms with Crippen LogP contribution in [-0.4, -0.2) is 27.8 Å². The van der Waals surface area contributed by atoms with E-state index in [1.54, 1.807) is 17.9 Å². The number of nitrogens with zero attached hydrogens (tertiary/aromatic N) is 3. The van der Waals surface area contributed by atoms with Crippen molar-refractivity contribution in [3.05, 3.63) is 74.8 Å². The number of benzene rings is 2. The van der Waals surface area contributed by atoms with Gasteiger partial charge in [0.05, 0.1) is 24.1 Å². The highest BCUT2D eigenvalue weighted by atomic mass is 127. The van der Waals surface area contributed by atoms with Crippen molar-refractivity contribution in [2.75, 3.05) is 12.4 Å². The maximum absolute atomic E-state index is 12.7. The van der Waals surface area contributed by atoms with Crippen LogP contribution in [0.1, 0.15) is 16.1 Å². The van der Waals surface area contributed by atoms with Crippen LogP contribution in [0.2, 0.25) is 0 Å². The highest BCUT2D eigenvalue weighted by molar-refractivity contribution is 14.1. The second-order valence-corrected chi connectivity index (χ2v) is 8.26. The Labute approximate surface area is 185 Å². The van der Waals surface area contributed by atoms with Crippen molar-refractivity contribution in [2.24, 2.45) is 0 Å². The predicted octanol–water partition coefficient (Wildman–Crippen LogP) is 5.17. The van der Waals surface area contributed by atoms with Crippen LogP contribution in [0.3, 0.4) is 0 Å². The van der Waals surface area contributed by atoms with E-state index in [-0.39, 0.29) is 5.91 Å². The molecule has 0 aliphatic rings. The number of nitrogens with one attached hydrogen (secondary N) is 1. The second-order valence-electron chi connectivity index (χ2n) is 6.26. The normalized spacial score (nSPS) is 10.7. The topological polar surface area (TPSA) is 69.0 Å². The number of thiazole rings is 1. The zero-order valence-electron chi connectivity index (χ0n) is 15.7. The molecule has 146 valence electrons. The van der Waals surface area contributed by atoms with Crippen LogP contribution < -0.4 is 10.1 Å². The number of methoxy groups -OCH3 is 1. The minimum Gasteiger partial charge on any atom is -0.497 e. The third-order valence-corrected chi connectivity index (χ3v) is 6.01. The van der Waals surface area contributed by atoms with Crippen LogP contribution in [0, 0.1) is 10.5 Å². The Morgan fingerprint density at radius 3 is 2.66 bits per heavy atom. The first-order valence-electron chi connectivity index (χ1n) is 8.78. The van der Waals surface area contributed by atoms with Gasteiger partial charge in [0.2, 0.25) is 5.13 Å². The minimum absolute atomic E-state index is 0.178. The molecule has 0 spiro atoms. The molecule has 0 saturated carbocycles. The van der Waals surface area contributed by atoms with E-state index in [9.17, 15) is 4.79 Å². The average Bonchev–Trinajstić information content (AvgIpc) is 3.35. The van der Waals surface area contributed by atoms with Crippen LogP contribution in [-0.2, 0) is 0 Å². The summed E-state index contributed by atoms with van der Waals surface area (Å²) in [5.74, 6) is 1.21. The zero-order chi connectivity index (χ0) is 20.4. The van der Waals surface area contributed by atoms with Gasteiger partial charge in [-0.2, -0.15) is 9.78 Å². The summed E-state index contributed by atoms with van der Waals surface area (Å²) in [7, 11) is 1.64. The monoisotopic (exact) mass is 516 g/mol. The summed E-state index contributed by atoms with van der Waals surface area (Å²) in [5.41, 5.74) is 3.25. The third-order valence-electron chi connectivity index (χ3n) is 4.25. The van der Waals surface area contributed by atoms with Gasteiger partial charge in [0.1, 0.15) is 11.6 Å². The number of carbonyl (C=O) groups excluding carboxylic acids is 1. The predicted molar refractivity (Wildman–Crippen MR) is 123 cm³/mol. The number of rotatable bonds is 5. The van der Waals surface area contributed by atoms with E-state index < -0.39 is 0 Å². The van der Waals surface area contributed by atoms with Gasteiger partial charge in [-0.15, -0.1) is 11.3 Å². The van der Waals surface area contributed by atoms with Gasteiger partial charge in [0.25, 0.3) is 5.91 Å². The number of hydrogen-bond donors (Lipinski definition) is 1. The molecule has 2 aromatic heterocycles. The maximum Gasteiger partial charge on any atom is 0.257 e. The molecule has 4 aromatic rings. The van der Waals surface area contributed by atoms with Gasteiger partial charge in [-0.05, 0) is 65.9 Å². The molecule has 8 heteroatoms. The molecule has 0 bridgehead atoms. The number of anilines is 1. The van der Waals surface area contributed by atoms with E-state index in [4.69, 9.17) is 9.72 Å². The first-order chi connectivity index (χ1) is 14.0. The number of aryl methyl sites for hydroxylation is 1. The fourth-order valence-electron chi connectivity index (χ4n) is 2.82. The smallest absolute Gasteiger partial charge is 0.257 e. The van der Waals surface area contributed by atoms with Crippen molar-refractivity contribution in [1.29, 1.82) is 0 Å². The van der Waals surface area contributed by atoms with Gasteiger partial charge in [0, 0.05) is 20.6 Å². The summed E-state index contributed by atoms with van der Waals surface area (Å²) in [6.07, 6.45) is 0. The number of hydrogen-bond acceptors (Lipinski definition) is 5. The Morgan fingerprint density at radius 2 is 1.93 bits per heavy atom. The lowest BCUT2D eigenvalue weighted by Crippen LogP contribution is -2.16. The maximum atomic E-state index is 12.7. The standard InChI is InChI=1S/C21H17IN4O2S/c1-13-11-19(24-20(27)16-5-3-4-6-17(16)22)26(25-13)21-23-18(12-29-21)14-7-9-15(28-2)10-8-14/h3-12H,1-2H3,(H,24,27). The average molecular weight is 516 g/mol.